The second-order valence-electron chi connectivity index (χ2n) is 7.19. The summed E-state index contributed by atoms with van der Waals surface area (Å²) in [6.45, 7) is 7.73. The van der Waals surface area contributed by atoms with Gasteiger partial charge in [-0.05, 0) is 37.0 Å². The number of nitrogens with one attached hydrogen (secondary N) is 2. The Morgan fingerprint density at radius 1 is 1.14 bits per heavy atom. The van der Waals surface area contributed by atoms with E-state index in [2.05, 4.69) is 20.5 Å². The van der Waals surface area contributed by atoms with Gasteiger partial charge in [0, 0.05) is 24.6 Å². The Labute approximate surface area is 170 Å². The van der Waals surface area contributed by atoms with E-state index >= 15 is 0 Å². The molecule has 8 nitrogen and oxygen atoms in total. The van der Waals surface area contributed by atoms with Gasteiger partial charge in [0.1, 0.15) is 6.04 Å². The number of hydrogen-bond acceptors (Lipinski definition) is 6. The normalized spacial score (nSPS) is 11.8. The first kappa shape index (κ1) is 22.1. The van der Waals surface area contributed by atoms with Gasteiger partial charge in [0.15, 0.2) is 11.5 Å². The fraction of sp³-hybridized carbons (Fsp3) is 0.429. The molecule has 2 N–H and O–H groups in total. The van der Waals surface area contributed by atoms with Crippen LogP contribution in [0.1, 0.15) is 41.9 Å². The molecular formula is C21H27N3O5. The molecule has 1 heterocycles. The van der Waals surface area contributed by atoms with Gasteiger partial charge in [-0.25, -0.2) is 4.79 Å². The molecule has 1 aromatic carbocycles. The van der Waals surface area contributed by atoms with Gasteiger partial charge >= 0.3 is 5.97 Å². The van der Waals surface area contributed by atoms with Crippen LogP contribution >= 0.6 is 0 Å². The van der Waals surface area contributed by atoms with Crippen molar-refractivity contribution in [2.45, 2.75) is 40.2 Å². The van der Waals surface area contributed by atoms with Crippen molar-refractivity contribution in [3.63, 3.8) is 0 Å². The summed E-state index contributed by atoms with van der Waals surface area (Å²) in [5.74, 6) is -0.914. The number of aromatic nitrogens is 1. The van der Waals surface area contributed by atoms with Crippen molar-refractivity contribution >= 4 is 17.8 Å². The number of esters is 1. The van der Waals surface area contributed by atoms with Crippen molar-refractivity contribution in [3.8, 4) is 11.3 Å². The Morgan fingerprint density at radius 3 is 2.48 bits per heavy atom. The van der Waals surface area contributed by atoms with E-state index in [0.29, 0.717) is 5.76 Å². The maximum Gasteiger partial charge on any atom is 0.328 e. The van der Waals surface area contributed by atoms with Crippen LogP contribution in [-0.2, 0) is 14.3 Å². The lowest BCUT2D eigenvalue weighted by molar-refractivity contribution is -0.146. The molecule has 156 valence electrons. The van der Waals surface area contributed by atoms with E-state index < -0.39 is 17.9 Å². The number of benzene rings is 1. The highest BCUT2D eigenvalue weighted by Crippen LogP contribution is 2.22. The van der Waals surface area contributed by atoms with E-state index in [1.54, 1.807) is 19.9 Å². The highest BCUT2D eigenvalue weighted by atomic mass is 16.5. The van der Waals surface area contributed by atoms with Crippen molar-refractivity contribution in [2.75, 3.05) is 13.7 Å². The van der Waals surface area contributed by atoms with Crippen LogP contribution in [0.3, 0.4) is 0 Å². The first-order valence-electron chi connectivity index (χ1n) is 9.42. The van der Waals surface area contributed by atoms with Crippen LogP contribution in [0.15, 0.2) is 28.8 Å². The summed E-state index contributed by atoms with van der Waals surface area (Å²) in [5.41, 5.74) is 3.24. The third-order valence-electron chi connectivity index (χ3n) is 4.61. The molecule has 0 spiro atoms. The SMILES string of the molecule is COC(=O)C(NC(=O)CCNC(=O)c1cc(-c2ccc(C)c(C)c2)on1)C(C)C. The van der Waals surface area contributed by atoms with Gasteiger partial charge in [0.2, 0.25) is 5.91 Å². The summed E-state index contributed by atoms with van der Waals surface area (Å²) in [5, 5.41) is 9.04. The van der Waals surface area contributed by atoms with Crippen LogP contribution in [0.25, 0.3) is 11.3 Å². The van der Waals surface area contributed by atoms with Crippen molar-refractivity contribution in [1.82, 2.24) is 15.8 Å². The summed E-state index contributed by atoms with van der Waals surface area (Å²) in [4.78, 5) is 36.0. The lowest BCUT2D eigenvalue weighted by Crippen LogP contribution is -2.45. The van der Waals surface area contributed by atoms with Crippen LogP contribution in [0, 0.1) is 19.8 Å². The fourth-order valence-corrected chi connectivity index (χ4v) is 2.66. The molecule has 0 aliphatic carbocycles. The summed E-state index contributed by atoms with van der Waals surface area (Å²) in [6.07, 6.45) is 0.0216. The van der Waals surface area contributed by atoms with Crippen molar-refractivity contribution in [3.05, 3.63) is 41.1 Å². The van der Waals surface area contributed by atoms with Crippen molar-refractivity contribution < 1.29 is 23.6 Å². The highest BCUT2D eigenvalue weighted by Gasteiger charge is 2.24. The molecule has 1 unspecified atom stereocenters. The monoisotopic (exact) mass is 401 g/mol. The highest BCUT2D eigenvalue weighted by molar-refractivity contribution is 5.93. The molecule has 1 aromatic heterocycles. The number of rotatable bonds is 8. The molecule has 0 fully saturated rings. The summed E-state index contributed by atoms with van der Waals surface area (Å²) in [6, 6.07) is 6.69. The number of aryl methyl sites for hydroxylation is 2. The molecule has 0 radical (unpaired) electrons. The number of hydrogen-bond donors (Lipinski definition) is 2. The molecule has 29 heavy (non-hydrogen) atoms. The maximum atomic E-state index is 12.2. The maximum absolute atomic E-state index is 12.2. The van der Waals surface area contributed by atoms with E-state index in [9.17, 15) is 14.4 Å². The minimum absolute atomic E-state index is 0.0216. The topological polar surface area (TPSA) is 111 Å². The Bertz CT molecular complexity index is 888. The Morgan fingerprint density at radius 2 is 1.86 bits per heavy atom. The molecule has 1 atom stereocenters. The van der Waals surface area contributed by atoms with E-state index in [0.717, 1.165) is 16.7 Å². The smallest absolute Gasteiger partial charge is 0.328 e. The summed E-state index contributed by atoms with van der Waals surface area (Å²) in [7, 11) is 1.27. The zero-order valence-corrected chi connectivity index (χ0v) is 17.4. The molecule has 8 heteroatoms. The second-order valence-corrected chi connectivity index (χ2v) is 7.19. The van der Waals surface area contributed by atoms with Crippen LogP contribution in [0.5, 0.6) is 0 Å². The summed E-state index contributed by atoms with van der Waals surface area (Å²) >= 11 is 0. The molecule has 0 aliphatic heterocycles. The third kappa shape index (κ3) is 5.91. The van der Waals surface area contributed by atoms with E-state index in [4.69, 9.17) is 4.52 Å². The average Bonchev–Trinajstić information content (AvgIpc) is 3.17. The van der Waals surface area contributed by atoms with E-state index in [1.807, 2.05) is 32.0 Å². The lowest BCUT2D eigenvalue weighted by Gasteiger charge is -2.19. The quantitative estimate of drug-likeness (QED) is 0.657. The first-order chi connectivity index (χ1) is 13.7. The van der Waals surface area contributed by atoms with Gasteiger partial charge in [-0.3, -0.25) is 9.59 Å². The van der Waals surface area contributed by atoms with E-state index in [1.165, 1.54) is 7.11 Å². The summed E-state index contributed by atoms with van der Waals surface area (Å²) < 4.78 is 9.96. The largest absolute Gasteiger partial charge is 0.467 e. The first-order valence-corrected chi connectivity index (χ1v) is 9.42. The van der Waals surface area contributed by atoms with Gasteiger partial charge in [0.05, 0.1) is 7.11 Å². The van der Waals surface area contributed by atoms with Crippen molar-refractivity contribution in [2.24, 2.45) is 5.92 Å². The Kier molecular flexibility index (Phi) is 7.52. The molecule has 2 rings (SSSR count). The molecule has 2 amide bonds. The van der Waals surface area contributed by atoms with Gasteiger partial charge in [-0.2, -0.15) is 0 Å². The number of ether oxygens (including phenoxy) is 1. The predicted molar refractivity (Wildman–Crippen MR) is 107 cm³/mol. The number of carbonyl (C=O) groups is 3. The van der Waals surface area contributed by atoms with Crippen LogP contribution in [0.4, 0.5) is 0 Å². The lowest BCUT2D eigenvalue weighted by atomic mass is 10.0. The molecule has 0 saturated carbocycles. The second kappa shape index (κ2) is 9.86. The standard InChI is InChI=1S/C21H27N3O5/c1-12(2)19(21(27)28-5)23-18(25)8-9-22-20(26)16-11-17(29-24-16)15-7-6-13(3)14(4)10-15/h6-7,10-12,19H,8-9H2,1-5H3,(H,22,26)(H,23,25). The molecule has 0 bridgehead atoms. The molecule has 0 aliphatic rings. The number of carbonyl (C=O) groups excluding carboxylic acids is 3. The van der Waals surface area contributed by atoms with Gasteiger partial charge in [0.25, 0.3) is 5.91 Å². The van der Waals surface area contributed by atoms with E-state index in [-0.39, 0.29) is 30.5 Å². The average molecular weight is 401 g/mol. The molecular weight excluding hydrogens is 374 g/mol. The van der Waals surface area contributed by atoms with Gasteiger partial charge in [-0.15, -0.1) is 0 Å². The number of nitrogens with zero attached hydrogens (tertiary/aromatic N) is 1. The zero-order valence-electron chi connectivity index (χ0n) is 17.4. The Hall–Kier alpha value is -3.16. The van der Waals surface area contributed by atoms with Gasteiger partial charge in [-0.1, -0.05) is 31.1 Å². The van der Waals surface area contributed by atoms with Crippen LogP contribution in [-0.4, -0.2) is 42.6 Å². The third-order valence-corrected chi connectivity index (χ3v) is 4.61. The number of methoxy groups -OCH3 is 1. The number of amides is 2. The van der Waals surface area contributed by atoms with Crippen molar-refractivity contribution in [1.29, 1.82) is 0 Å². The van der Waals surface area contributed by atoms with Crippen LogP contribution < -0.4 is 10.6 Å². The predicted octanol–water partition coefficient (Wildman–Crippen LogP) is 2.39. The fourth-order valence-electron chi connectivity index (χ4n) is 2.66. The molecule has 0 saturated heterocycles. The van der Waals surface area contributed by atoms with Gasteiger partial charge < -0.3 is 19.9 Å². The minimum Gasteiger partial charge on any atom is -0.467 e. The van der Waals surface area contributed by atoms with Crippen LogP contribution in [0.2, 0.25) is 0 Å². The zero-order chi connectivity index (χ0) is 21.6. The molecule has 2 aromatic rings. The Balaban J connectivity index is 1.88. The minimum atomic E-state index is -0.723.